The van der Waals surface area contributed by atoms with Gasteiger partial charge in [0.2, 0.25) is 17.7 Å². The van der Waals surface area contributed by atoms with Gasteiger partial charge in [0, 0.05) is 20.0 Å². The monoisotopic (exact) mass is 439 g/mol. The fraction of sp³-hybridized carbons (Fsp3) is 0.571. The quantitative estimate of drug-likeness (QED) is 0.486. The van der Waals surface area contributed by atoms with E-state index in [1.54, 1.807) is 6.07 Å². The van der Waals surface area contributed by atoms with Crippen LogP contribution in [0.1, 0.15) is 39.7 Å². The first kappa shape index (κ1) is 25.8. The minimum atomic E-state index is -2.00. The number of hydrogen-bond acceptors (Lipinski definition) is 4. The summed E-state index contributed by atoms with van der Waals surface area (Å²) in [6.07, 6.45) is 0.301. The molecule has 1 aromatic carbocycles. The Morgan fingerprint density at radius 3 is 2.30 bits per heavy atom. The van der Waals surface area contributed by atoms with Gasteiger partial charge in [-0.25, -0.2) is 4.39 Å². The van der Waals surface area contributed by atoms with Crippen molar-refractivity contribution in [2.45, 2.75) is 70.8 Å². The van der Waals surface area contributed by atoms with Gasteiger partial charge in [-0.3, -0.25) is 14.4 Å². The molecule has 0 saturated carbocycles. The van der Waals surface area contributed by atoms with E-state index in [-0.39, 0.29) is 24.5 Å². The van der Waals surface area contributed by atoms with Gasteiger partial charge in [0.05, 0.1) is 0 Å². The molecule has 0 fully saturated rings. The highest BCUT2D eigenvalue weighted by molar-refractivity contribution is 6.74. The van der Waals surface area contributed by atoms with Gasteiger partial charge in [0.1, 0.15) is 17.9 Å². The number of halogens is 1. The first-order valence-electron chi connectivity index (χ1n) is 9.98. The lowest BCUT2D eigenvalue weighted by atomic mass is 10.0. The molecule has 0 radical (unpaired) electrons. The van der Waals surface area contributed by atoms with Gasteiger partial charge >= 0.3 is 0 Å². The van der Waals surface area contributed by atoms with Gasteiger partial charge < -0.3 is 20.8 Å². The molecular weight excluding hydrogens is 405 g/mol. The molecule has 3 amide bonds. The third-order valence-corrected chi connectivity index (χ3v) is 9.90. The van der Waals surface area contributed by atoms with Crippen LogP contribution < -0.4 is 16.4 Å². The van der Waals surface area contributed by atoms with Gasteiger partial charge in [-0.1, -0.05) is 32.9 Å². The largest absolute Gasteiger partial charge is 0.417 e. The zero-order valence-electron chi connectivity index (χ0n) is 18.7. The van der Waals surface area contributed by atoms with E-state index in [9.17, 15) is 18.8 Å². The molecule has 9 heteroatoms. The van der Waals surface area contributed by atoms with Crippen LogP contribution in [0, 0.1) is 5.82 Å². The van der Waals surface area contributed by atoms with Crippen molar-refractivity contribution < 1.29 is 23.2 Å². The standard InChI is InChI=1S/C21H34FN3O4Si/c1-14(26)24-18(13-15-8-7-9-16(22)12-15)20(28)25-17(19(23)27)10-11-29-30(5,6)21(2,3)4/h7-9,12,17-18H,10-11,13H2,1-6H3,(H2,23,27)(H,24,26)(H,25,28)/t17-,18+/m0/s1. The average Bonchev–Trinajstić information content (AvgIpc) is 2.58. The molecule has 0 saturated heterocycles. The summed E-state index contributed by atoms with van der Waals surface area (Å²) in [4.78, 5) is 36.1. The normalized spacial score (nSPS) is 14.0. The molecule has 2 atom stereocenters. The maximum absolute atomic E-state index is 13.5. The predicted molar refractivity (Wildman–Crippen MR) is 117 cm³/mol. The zero-order chi connectivity index (χ0) is 23.1. The summed E-state index contributed by atoms with van der Waals surface area (Å²) < 4.78 is 19.5. The van der Waals surface area contributed by atoms with Crippen LogP contribution in [0.25, 0.3) is 0 Å². The molecule has 0 aromatic heterocycles. The number of hydrogen-bond donors (Lipinski definition) is 3. The fourth-order valence-electron chi connectivity index (χ4n) is 2.56. The lowest BCUT2D eigenvalue weighted by Gasteiger charge is -2.36. The summed E-state index contributed by atoms with van der Waals surface area (Å²) >= 11 is 0. The molecule has 30 heavy (non-hydrogen) atoms. The number of carbonyl (C=O) groups is 3. The van der Waals surface area contributed by atoms with Crippen LogP contribution in [0.5, 0.6) is 0 Å². The summed E-state index contributed by atoms with van der Waals surface area (Å²) in [5.41, 5.74) is 6.00. The molecule has 0 spiro atoms. The van der Waals surface area contributed by atoms with Crippen LogP contribution in [0.4, 0.5) is 4.39 Å². The topological polar surface area (TPSA) is 111 Å². The van der Waals surface area contributed by atoms with Crippen LogP contribution in [0.2, 0.25) is 18.1 Å². The number of amides is 3. The zero-order valence-corrected chi connectivity index (χ0v) is 19.7. The molecule has 0 bridgehead atoms. The van der Waals surface area contributed by atoms with E-state index in [0.29, 0.717) is 5.56 Å². The Bertz CT molecular complexity index is 765. The number of carbonyl (C=O) groups excluding carboxylic acids is 3. The Labute approximate surface area is 179 Å². The molecule has 0 heterocycles. The second kappa shape index (κ2) is 10.7. The highest BCUT2D eigenvalue weighted by Crippen LogP contribution is 2.36. The van der Waals surface area contributed by atoms with Crippen molar-refractivity contribution >= 4 is 26.0 Å². The van der Waals surface area contributed by atoms with Crippen molar-refractivity contribution in [1.29, 1.82) is 0 Å². The molecule has 1 aromatic rings. The molecule has 0 unspecified atom stereocenters. The highest BCUT2D eigenvalue weighted by atomic mass is 28.4. The van der Waals surface area contributed by atoms with Crippen LogP contribution in [0.3, 0.4) is 0 Å². The van der Waals surface area contributed by atoms with E-state index in [1.165, 1.54) is 25.1 Å². The van der Waals surface area contributed by atoms with E-state index in [2.05, 4.69) is 44.5 Å². The van der Waals surface area contributed by atoms with E-state index < -0.39 is 43.9 Å². The summed E-state index contributed by atoms with van der Waals surface area (Å²) in [6.45, 7) is 12.1. The maximum Gasteiger partial charge on any atom is 0.243 e. The summed E-state index contributed by atoms with van der Waals surface area (Å²) in [7, 11) is -2.00. The van der Waals surface area contributed by atoms with Crippen LogP contribution >= 0.6 is 0 Å². The van der Waals surface area contributed by atoms with Gasteiger partial charge in [-0.05, 0) is 42.2 Å². The Balaban J connectivity index is 2.81. The third-order valence-electron chi connectivity index (χ3n) is 5.36. The van der Waals surface area contributed by atoms with Crippen LogP contribution in [-0.4, -0.2) is 44.7 Å². The average molecular weight is 440 g/mol. The van der Waals surface area contributed by atoms with E-state index in [1.807, 2.05) is 0 Å². The predicted octanol–water partition coefficient (Wildman–Crippen LogP) is 2.25. The number of nitrogens with two attached hydrogens (primary N) is 1. The minimum absolute atomic E-state index is 0.0138. The second-order valence-corrected chi connectivity index (χ2v) is 13.8. The van der Waals surface area contributed by atoms with E-state index in [4.69, 9.17) is 10.2 Å². The number of benzene rings is 1. The first-order chi connectivity index (χ1) is 13.7. The van der Waals surface area contributed by atoms with Gasteiger partial charge in [0.25, 0.3) is 0 Å². The van der Waals surface area contributed by atoms with Crippen molar-refractivity contribution in [3.63, 3.8) is 0 Å². The molecule has 0 aliphatic heterocycles. The molecular formula is C21H34FN3O4Si. The van der Waals surface area contributed by atoms with Crippen molar-refractivity contribution in [2.75, 3.05) is 6.61 Å². The SMILES string of the molecule is CC(=O)N[C@H](Cc1cccc(F)c1)C(=O)N[C@@H](CCO[Si](C)(C)C(C)(C)C)C(N)=O. The Hall–Kier alpha value is -2.26. The number of rotatable bonds is 10. The summed E-state index contributed by atoms with van der Waals surface area (Å²) in [5, 5.41) is 5.15. The van der Waals surface area contributed by atoms with Crippen molar-refractivity contribution in [3.05, 3.63) is 35.6 Å². The molecule has 1 rings (SSSR count). The number of nitrogens with one attached hydrogen (secondary N) is 2. The lowest BCUT2D eigenvalue weighted by Crippen LogP contribution is -2.54. The Kier molecular flexibility index (Phi) is 9.17. The second-order valence-electron chi connectivity index (χ2n) is 8.95. The minimum Gasteiger partial charge on any atom is -0.417 e. The van der Waals surface area contributed by atoms with Crippen molar-refractivity contribution in [2.24, 2.45) is 5.73 Å². The third kappa shape index (κ3) is 8.23. The fourth-order valence-corrected chi connectivity index (χ4v) is 3.62. The molecule has 168 valence electrons. The smallest absolute Gasteiger partial charge is 0.243 e. The van der Waals surface area contributed by atoms with E-state index in [0.717, 1.165) is 0 Å². The van der Waals surface area contributed by atoms with Crippen molar-refractivity contribution in [1.82, 2.24) is 10.6 Å². The first-order valence-corrected chi connectivity index (χ1v) is 12.9. The Morgan fingerprint density at radius 1 is 1.17 bits per heavy atom. The van der Waals surface area contributed by atoms with Gasteiger partial charge in [-0.15, -0.1) is 0 Å². The maximum atomic E-state index is 13.5. The van der Waals surface area contributed by atoms with Crippen molar-refractivity contribution in [3.8, 4) is 0 Å². The summed E-state index contributed by atoms with van der Waals surface area (Å²) in [5.74, 6) is -2.10. The highest BCUT2D eigenvalue weighted by Gasteiger charge is 2.37. The molecule has 4 N–H and O–H groups in total. The van der Waals surface area contributed by atoms with Crippen LogP contribution in [-0.2, 0) is 25.2 Å². The van der Waals surface area contributed by atoms with E-state index >= 15 is 0 Å². The molecule has 0 aliphatic rings. The van der Waals surface area contributed by atoms with Gasteiger partial charge in [-0.2, -0.15) is 0 Å². The molecule has 0 aliphatic carbocycles. The number of primary amides is 1. The Morgan fingerprint density at radius 2 is 1.80 bits per heavy atom. The molecule has 7 nitrogen and oxygen atoms in total. The summed E-state index contributed by atoms with van der Waals surface area (Å²) in [6, 6.07) is 3.86. The lowest BCUT2D eigenvalue weighted by molar-refractivity contribution is -0.131. The van der Waals surface area contributed by atoms with Gasteiger partial charge in [0.15, 0.2) is 8.32 Å². The van der Waals surface area contributed by atoms with Crippen LogP contribution in [0.15, 0.2) is 24.3 Å².